The fourth-order valence-electron chi connectivity index (χ4n) is 5.49. The van der Waals surface area contributed by atoms with Crippen LogP contribution in [0.4, 0.5) is 14.6 Å². The standard InChI is InChI=1S/C26H24F2N4O2/c27-21-2-1-3-22(28)24(21)25-20(26(34-31-25)16-5-6-16)14-33-19-10-17-7-8-18(11-19)32(17)23-9-4-15(12-29)13-30-23/h1-4,9,13,16-19H,5-8,10-11,14H2/t17-,18+,19+. The van der Waals surface area contributed by atoms with E-state index in [9.17, 15) is 8.78 Å². The van der Waals surface area contributed by atoms with Crippen molar-refractivity contribution in [3.8, 4) is 17.3 Å². The fourth-order valence-corrected chi connectivity index (χ4v) is 5.49. The van der Waals surface area contributed by atoms with Gasteiger partial charge in [0.25, 0.3) is 0 Å². The Hall–Kier alpha value is -3.31. The number of aromatic nitrogens is 2. The summed E-state index contributed by atoms with van der Waals surface area (Å²) in [5.74, 6) is 0.531. The Morgan fingerprint density at radius 2 is 1.79 bits per heavy atom. The lowest BCUT2D eigenvalue weighted by Gasteiger charge is -2.39. The molecule has 4 heterocycles. The Bertz CT molecular complexity index is 1210. The van der Waals surface area contributed by atoms with Crippen LogP contribution in [-0.2, 0) is 11.3 Å². The number of benzene rings is 1. The quantitative estimate of drug-likeness (QED) is 0.483. The molecule has 0 amide bonds. The molecule has 8 heteroatoms. The number of piperidine rings is 1. The van der Waals surface area contributed by atoms with Gasteiger partial charge in [-0.05, 0) is 62.8 Å². The molecule has 3 atom stereocenters. The molecule has 3 aliphatic rings. The minimum Gasteiger partial charge on any atom is -0.373 e. The first kappa shape index (κ1) is 21.2. The zero-order valence-electron chi connectivity index (χ0n) is 18.6. The molecule has 174 valence electrons. The summed E-state index contributed by atoms with van der Waals surface area (Å²) in [6.45, 7) is 0.220. The first-order chi connectivity index (χ1) is 16.6. The van der Waals surface area contributed by atoms with Crippen molar-refractivity contribution in [1.29, 1.82) is 5.26 Å². The first-order valence-corrected chi connectivity index (χ1v) is 11.8. The molecule has 0 radical (unpaired) electrons. The van der Waals surface area contributed by atoms with E-state index in [1.54, 1.807) is 12.3 Å². The number of rotatable bonds is 6. The number of hydrogen-bond acceptors (Lipinski definition) is 6. The van der Waals surface area contributed by atoms with Crippen LogP contribution in [-0.4, -0.2) is 28.3 Å². The molecule has 3 aromatic rings. The molecule has 3 fully saturated rings. The van der Waals surface area contributed by atoms with E-state index in [4.69, 9.17) is 14.5 Å². The van der Waals surface area contributed by atoms with Gasteiger partial charge in [0, 0.05) is 29.8 Å². The van der Waals surface area contributed by atoms with Gasteiger partial charge in [-0.2, -0.15) is 5.26 Å². The van der Waals surface area contributed by atoms with Crippen molar-refractivity contribution < 1.29 is 18.0 Å². The van der Waals surface area contributed by atoms with E-state index in [-0.39, 0.29) is 29.9 Å². The number of nitrogens with zero attached hydrogens (tertiary/aromatic N) is 4. The van der Waals surface area contributed by atoms with Crippen LogP contribution in [0.3, 0.4) is 0 Å². The van der Waals surface area contributed by atoms with Gasteiger partial charge in [0.1, 0.15) is 35.0 Å². The number of hydrogen-bond donors (Lipinski definition) is 0. The van der Waals surface area contributed by atoms with E-state index in [2.05, 4.69) is 21.1 Å². The Morgan fingerprint density at radius 1 is 1.06 bits per heavy atom. The van der Waals surface area contributed by atoms with Gasteiger partial charge in [0.05, 0.1) is 23.8 Å². The summed E-state index contributed by atoms with van der Waals surface area (Å²) in [5.41, 5.74) is 1.27. The molecular formula is C26H24F2N4O2. The highest BCUT2D eigenvalue weighted by atomic mass is 19.1. The van der Waals surface area contributed by atoms with Crippen LogP contribution >= 0.6 is 0 Å². The van der Waals surface area contributed by atoms with Gasteiger partial charge < -0.3 is 14.2 Å². The highest BCUT2D eigenvalue weighted by Crippen LogP contribution is 2.45. The average molecular weight is 463 g/mol. The average Bonchev–Trinajstić information content (AvgIpc) is 3.55. The minimum absolute atomic E-state index is 0.0346. The third-order valence-electron chi connectivity index (χ3n) is 7.26. The molecular weight excluding hydrogens is 438 g/mol. The van der Waals surface area contributed by atoms with Gasteiger partial charge in [-0.3, -0.25) is 0 Å². The molecule has 1 aromatic carbocycles. The number of halogens is 2. The summed E-state index contributed by atoms with van der Waals surface area (Å²) in [5, 5.41) is 13.1. The third-order valence-corrected chi connectivity index (χ3v) is 7.26. The van der Waals surface area contributed by atoms with Crippen LogP contribution < -0.4 is 4.90 Å². The molecule has 0 N–H and O–H groups in total. The largest absolute Gasteiger partial charge is 0.373 e. The second-order valence-electron chi connectivity index (χ2n) is 9.46. The predicted molar refractivity (Wildman–Crippen MR) is 120 cm³/mol. The molecule has 2 saturated heterocycles. The molecule has 1 saturated carbocycles. The van der Waals surface area contributed by atoms with Crippen molar-refractivity contribution in [2.75, 3.05) is 4.90 Å². The summed E-state index contributed by atoms with van der Waals surface area (Å²) in [7, 11) is 0. The van der Waals surface area contributed by atoms with E-state index in [1.807, 2.05) is 6.07 Å². The summed E-state index contributed by atoms with van der Waals surface area (Å²) >= 11 is 0. The molecule has 0 spiro atoms. The third kappa shape index (κ3) is 3.74. The van der Waals surface area contributed by atoms with Crippen LogP contribution in [0.15, 0.2) is 41.1 Å². The van der Waals surface area contributed by atoms with Crippen LogP contribution in [0, 0.1) is 23.0 Å². The molecule has 6 nitrogen and oxygen atoms in total. The SMILES string of the molecule is N#Cc1ccc(N2[C@@H]3CC[C@H]2C[C@@H](OCc2c(-c4c(F)cccc4F)noc2C2CC2)C3)nc1. The van der Waals surface area contributed by atoms with E-state index >= 15 is 0 Å². The van der Waals surface area contributed by atoms with Gasteiger partial charge in [-0.1, -0.05) is 11.2 Å². The molecule has 1 aliphatic carbocycles. The first-order valence-electron chi connectivity index (χ1n) is 11.8. The zero-order chi connectivity index (χ0) is 23.2. The highest BCUT2D eigenvalue weighted by molar-refractivity contribution is 5.65. The van der Waals surface area contributed by atoms with Gasteiger partial charge in [-0.15, -0.1) is 0 Å². The summed E-state index contributed by atoms with van der Waals surface area (Å²) < 4.78 is 40.9. The normalized spacial score (nSPS) is 23.8. The van der Waals surface area contributed by atoms with Crippen molar-refractivity contribution in [2.45, 2.75) is 69.2 Å². The highest BCUT2D eigenvalue weighted by Gasteiger charge is 2.42. The number of pyridine rings is 1. The topological polar surface area (TPSA) is 75.2 Å². The summed E-state index contributed by atoms with van der Waals surface area (Å²) in [6.07, 6.45) is 7.47. The molecule has 34 heavy (non-hydrogen) atoms. The van der Waals surface area contributed by atoms with Gasteiger partial charge >= 0.3 is 0 Å². The Morgan fingerprint density at radius 3 is 2.41 bits per heavy atom. The zero-order valence-corrected chi connectivity index (χ0v) is 18.6. The summed E-state index contributed by atoms with van der Waals surface area (Å²) in [4.78, 5) is 6.85. The van der Waals surface area contributed by atoms with E-state index < -0.39 is 11.6 Å². The monoisotopic (exact) mass is 462 g/mol. The maximum absolute atomic E-state index is 14.5. The number of nitriles is 1. The fraction of sp³-hybridized carbons (Fsp3) is 0.423. The lowest BCUT2D eigenvalue weighted by molar-refractivity contribution is 0.0146. The van der Waals surface area contributed by atoms with Crippen molar-refractivity contribution in [2.24, 2.45) is 0 Å². The lowest BCUT2D eigenvalue weighted by atomic mass is 9.99. The van der Waals surface area contributed by atoms with Crippen molar-refractivity contribution in [3.63, 3.8) is 0 Å². The molecule has 2 aliphatic heterocycles. The second kappa shape index (κ2) is 8.48. The minimum atomic E-state index is -0.654. The number of anilines is 1. The smallest absolute Gasteiger partial charge is 0.145 e. The lowest BCUT2D eigenvalue weighted by Crippen LogP contribution is -2.46. The number of fused-ring (bicyclic) bond motifs is 2. The van der Waals surface area contributed by atoms with Gasteiger partial charge in [0.2, 0.25) is 0 Å². The maximum atomic E-state index is 14.5. The van der Waals surface area contributed by atoms with Crippen molar-refractivity contribution >= 4 is 5.82 Å². The Labute approximate surface area is 196 Å². The predicted octanol–water partition coefficient (Wildman–Crippen LogP) is 5.48. The van der Waals surface area contributed by atoms with E-state index in [1.165, 1.54) is 18.2 Å². The molecule has 0 unspecified atom stereocenters. The Balaban J connectivity index is 1.20. The second-order valence-corrected chi connectivity index (χ2v) is 9.46. The van der Waals surface area contributed by atoms with Crippen LogP contribution in [0.5, 0.6) is 0 Å². The summed E-state index contributed by atoms with van der Waals surface area (Å²) in [6, 6.07) is 10.3. The van der Waals surface area contributed by atoms with Crippen LogP contribution in [0.25, 0.3) is 11.3 Å². The van der Waals surface area contributed by atoms with E-state index in [0.717, 1.165) is 44.3 Å². The molecule has 6 rings (SSSR count). The van der Waals surface area contributed by atoms with Crippen LogP contribution in [0.1, 0.15) is 61.3 Å². The molecule has 2 aromatic heterocycles. The van der Waals surface area contributed by atoms with Crippen molar-refractivity contribution in [1.82, 2.24) is 10.1 Å². The van der Waals surface area contributed by atoms with E-state index in [0.29, 0.717) is 29.0 Å². The maximum Gasteiger partial charge on any atom is 0.145 e. The van der Waals surface area contributed by atoms with Gasteiger partial charge in [-0.25, -0.2) is 13.8 Å². The Kier molecular flexibility index (Phi) is 5.30. The number of ether oxygens (including phenoxy) is 1. The van der Waals surface area contributed by atoms with Crippen LogP contribution in [0.2, 0.25) is 0 Å². The molecule has 2 bridgehead atoms. The van der Waals surface area contributed by atoms with Crippen molar-refractivity contribution in [3.05, 3.63) is 65.1 Å². The van der Waals surface area contributed by atoms with Gasteiger partial charge in [0.15, 0.2) is 0 Å².